The largest absolute Gasteiger partial charge is 0.491 e. The summed E-state index contributed by atoms with van der Waals surface area (Å²) in [6, 6.07) is 16.6. The first-order valence-corrected chi connectivity index (χ1v) is 8.59. The topological polar surface area (TPSA) is 55.6 Å². The van der Waals surface area contributed by atoms with Crippen molar-refractivity contribution < 1.29 is 14.1 Å². The summed E-state index contributed by atoms with van der Waals surface area (Å²) in [4.78, 5) is 14.0. The number of aromatic nitrogens is 1. The molecule has 5 nitrogen and oxygen atoms in total. The van der Waals surface area contributed by atoms with Crippen molar-refractivity contribution in [2.75, 3.05) is 20.2 Å². The second-order valence-electron chi connectivity index (χ2n) is 5.92. The van der Waals surface area contributed by atoms with Gasteiger partial charge < -0.3 is 14.2 Å². The van der Waals surface area contributed by atoms with Gasteiger partial charge in [-0.25, -0.2) is 0 Å². The highest BCUT2D eigenvalue weighted by molar-refractivity contribution is 6.30. The third kappa shape index (κ3) is 4.24. The van der Waals surface area contributed by atoms with Gasteiger partial charge in [-0.1, -0.05) is 35.0 Å². The minimum Gasteiger partial charge on any atom is -0.491 e. The molecule has 6 heteroatoms. The Morgan fingerprint density at radius 3 is 2.65 bits per heavy atom. The van der Waals surface area contributed by atoms with Gasteiger partial charge in [0.05, 0.1) is 6.54 Å². The Morgan fingerprint density at radius 2 is 1.92 bits per heavy atom. The summed E-state index contributed by atoms with van der Waals surface area (Å²) < 4.78 is 11.0. The van der Waals surface area contributed by atoms with Crippen LogP contribution in [0.15, 0.2) is 59.1 Å². The number of benzene rings is 2. The zero-order valence-corrected chi connectivity index (χ0v) is 15.4. The fourth-order valence-electron chi connectivity index (χ4n) is 2.43. The van der Waals surface area contributed by atoms with Crippen LogP contribution in [0.4, 0.5) is 0 Å². The number of nitrogens with zero attached hydrogens (tertiary/aromatic N) is 2. The van der Waals surface area contributed by atoms with Gasteiger partial charge in [0.25, 0.3) is 5.91 Å². The van der Waals surface area contributed by atoms with Crippen molar-refractivity contribution in [3.8, 4) is 17.1 Å². The van der Waals surface area contributed by atoms with Crippen LogP contribution in [0, 0.1) is 6.92 Å². The van der Waals surface area contributed by atoms with E-state index >= 15 is 0 Å². The molecule has 2 aromatic carbocycles. The predicted molar refractivity (Wildman–Crippen MR) is 101 cm³/mol. The number of likely N-dealkylation sites (N-methyl/N-ethyl adjacent to an activating group) is 1. The van der Waals surface area contributed by atoms with E-state index in [9.17, 15) is 4.79 Å². The maximum Gasteiger partial charge on any atom is 0.275 e. The molecule has 0 aliphatic rings. The molecule has 0 atom stereocenters. The molecule has 1 aromatic heterocycles. The van der Waals surface area contributed by atoms with Crippen molar-refractivity contribution >= 4 is 17.5 Å². The van der Waals surface area contributed by atoms with Crippen LogP contribution in [-0.4, -0.2) is 36.2 Å². The summed E-state index contributed by atoms with van der Waals surface area (Å²) >= 11 is 5.88. The molecule has 0 unspecified atom stereocenters. The second-order valence-corrected chi connectivity index (χ2v) is 6.36. The zero-order valence-electron chi connectivity index (χ0n) is 14.6. The van der Waals surface area contributed by atoms with E-state index in [1.165, 1.54) is 0 Å². The highest BCUT2D eigenvalue weighted by atomic mass is 35.5. The van der Waals surface area contributed by atoms with Crippen molar-refractivity contribution in [2.24, 2.45) is 0 Å². The van der Waals surface area contributed by atoms with Crippen LogP contribution < -0.4 is 4.74 Å². The van der Waals surface area contributed by atoms with Gasteiger partial charge in [0.1, 0.15) is 12.4 Å². The summed E-state index contributed by atoms with van der Waals surface area (Å²) in [6.45, 7) is 2.82. The van der Waals surface area contributed by atoms with Crippen molar-refractivity contribution in [2.45, 2.75) is 6.92 Å². The smallest absolute Gasteiger partial charge is 0.275 e. The summed E-state index contributed by atoms with van der Waals surface area (Å²) in [5.41, 5.74) is 2.13. The Kier molecular flexibility index (Phi) is 5.58. The van der Waals surface area contributed by atoms with Crippen LogP contribution >= 0.6 is 11.6 Å². The van der Waals surface area contributed by atoms with Crippen LogP contribution in [0.5, 0.6) is 5.75 Å². The molecule has 0 saturated carbocycles. The molecular formula is C20H19ClN2O3. The second kappa shape index (κ2) is 8.06. The predicted octanol–water partition coefficient (Wildman–Crippen LogP) is 4.45. The van der Waals surface area contributed by atoms with E-state index in [2.05, 4.69) is 5.16 Å². The van der Waals surface area contributed by atoms with Crippen molar-refractivity contribution in [3.05, 3.63) is 70.9 Å². The molecular weight excluding hydrogens is 352 g/mol. The Morgan fingerprint density at radius 1 is 1.19 bits per heavy atom. The third-order valence-electron chi connectivity index (χ3n) is 3.98. The highest BCUT2D eigenvalue weighted by Gasteiger charge is 2.17. The first-order chi connectivity index (χ1) is 12.5. The molecule has 0 bridgehead atoms. The van der Waals surface area contributed by atoms with Gasteiger partial charge in [0.15, 0.2) is 11.5 Å². The molecule has 3 rings (SSSR count). The molecule has 0 aliphatic heterocycles. The van der Waals surface area contributed by atoms with E-state index in [1.807, 2.05) is 43.3 Å². The number of carbonyl (C=O) groups excluding carboxylic acids is 1. The number of amides is 1. The van der Waals surface area contributed by atoms with Crippen molar-refractivity contribution in [3.63, 3.8) is 0 Å². The molecule has 26 heavy (non-hydrogen) atoms. The van der Waals surface area contributed by atoms with Crippen molar-refractivity contribution in [1.82, 2.24) is 10.1 Å². The molecule has 3 aromatic rings. The van der Waals surface area contributed by atoms with E-state index in [1.54, 1.807) is 30.1 Å². The minimum absolute atomic E-state index is 0.220. The monoisotopic (exact) mass is 370 g/mol. The minimum atomic E-state index is -0.220. The highest BCUT2D eigenvalue weighted by Crippen LogP contribution is 2.22. The summed E-state index contributed by atoms with van der Waals surface area (Å²) in [7, 11) is 1.71. The quantitative estimate of drug-likeness (QED) is 0.643. The number of ether oxygens (including phenoxy) is 1. The molecule has 0 aliphatic carbocycles. The lowest BCUT2D eigenvalue weighted by molar-refractivity contribution is 0.0763. The lowest BCUT2D eigenvalue weighted by Gasteiger charge is -2.16. The van der Waals surface area contributed by atoms with Gasteiger partial charge in [0, 0.05) is 23.7 Å². The number of hydrogen-bond acceptors (Lipinski definition) is 4. The summed E-state index contributed by atoms with van der Waals surface area (Å²) in [5.74, 6) is 1.12. The Labute approximate surface area is 157 Å². The van der Waals surface area contributed by atoms with E-state index < -0.39 is 0 Å². The third-order valence-corrected chi connectivity index (χ3v) is 4.23. The lowest BCUT2D eigenvalue weighted by atomic mass is 10.1. The molecule has 134 valence electrons. The molecule has 0 N–H and O–H groups in total. The first-order valence-electron chi connectivity index (χ1n) is 8.21. The van der Waals surface area contributed by atoms with E-state index in [-0.39, 0.29) is 11.6 Å². The van der Waals surface area contributed by atoms with E-state index in [4.69, 9.17) is 20.9 Å². The van der Waals surface area contributed by atoms with Crippen LogP contribution in [0.25, 0.3) is 11.3 Å². The standard InChI is InChI=1S/C20H19ClN2O3/c1-14-5-3-4-6-18(14)25-12-11-23(2)20(24)17-13-19(26-22-17)15-7-9-16(21)10-8-15/h3-10,13H,11-12H2,1-2H3. The number of rotatable bonds is 6. The maximum atomic E-state index is 12.5. The van der Waals surface area contributed by atoms with Crippen LogP contribution in [0.2, 0.25) is 5.02 Å². The van der Waals surface area contributed by atoms with E-state index in [0.717, 1.165) is 16.9 Å². The first kappa shape index (κ1) is 18.0. The lowest BCUT2D eigenvalue weighted by Crippen LogP contribution is -2.31. The SMILES string of the molecule is Cc1ccccc1OCCN(C)C(=O)c1cc(-c2ccc(Cl)cc2)on1. The number of carbonyl (C=O) groups is 1. The average molecular weight is 371 g/mol. The Bertz CT molecular complexity index is 890. The normalized spacial score (nSPS) is 10.6. The molecule has 0 fully saturated rings. The number of hydrogen-bond donors (Lipinski definition) is 0. The fourth-order valence-corrected chi connectivity index (χ4v) is 2.56. The number of para-hydroxylation sites is 1. The van der Waals surface area contributed by atoms with Crippen molar-refractivity contribution in [1.29, 1.82) is 0 Å². The molecule has 1 amide bonds. The molecule has 0 saturated heterocycles. The van der Waals surface area contributed by atoms with Gasteiger partial charge >= 0.3 is 0 Å². The maximum absolute atomic E-state index is 12.5. The number of aryl methyl sites for hydroxylation is 1. The fraction of sp³-hybridized carbons (Fsp3) is 0.200. The summed E-state index contributed by atoms with van der Waals surface area (Å²) in [6.07, 6.45) is 0. The summed E-state index contributed by atoms with van der Waals surface area (Å²) in [5, 5.41) is 4.51. The van der Waals surface area contributed by atoms with Crippen LogP contribution in [-0.2, 0) is 0 Å². The average Bonchev–Trinajstić information content (AvgIpc) is 3.13. The van der Waals surface area contributed by atoms with Crippen LogP contribution in [0.1, 0.15) is 16.1 Å². The Hall–Kier alpha value is -2.79. The van der Waals surface area contributed by atoms with Gasteiger partial charge in [-0.3, -0.25) is 4.79 Å². The van der Waals surface area contributed by atoms with Gasteiger partial charge in [-0.15, -0.1) is 0 Å². The Balaban J connectivity index is 1.58. The molecule has 1 heterocycles. The van der Waals surface area contributed by atoms with Gasteiger partial charge in [-0.2, -0.15) is 0 Å². The van der Waals surface area contributed by atoms with Crippen LogP contribution in [0.3, 0.4) is 0 Å². The van der Waals surface area contributed by atoms with E-state index in [0.29, 0.717) is 23.9 Å². The zero-order chi connectivity index (χ0) is 18.5. The van der Waals surface area contributed by atoms with Gasteiger partial charge in [0.2, 0.25) is 0 Å². The molecule has 0 radical (unpaired) electrons. The number of halogens is 1. The van der Waals surface area contributed by atoms with Gasteiger partial charge in [-0.05, 0) is 42.8 Å². The molecule has 0 spiro atoms.